The van der Waals surface area contributed by atoms with E-state index in [9.17, 15) is 19.2 Å². The van der Waals surface area contributed by atoms with E-state index < -0.39 is 54.6 Å². The second-order valence-electron chi connectivity index (χ2n) is 9.79. The topological polar surface area (TPSA) is 172 Å². The number of esters is 4. The average Bonchev–Trinajstić information content (AvgIpc) is 3.01. The summed E-state index contributed by atoms with van der Waals surface area (Å²) in [4.78, 5) is 61.0. The molecule has 3 aromatic rings. The van der Waals surface area contributed by atoms with E-state index in [1.165, 1.54) is 6.92 Å². The molecule has 0 aliphatic carbocycles. The third-order valence-corrected chi connectivity index (χ3v) is 6.24. The SMILES string of the molecule is CC(=O)OC[C@H]1O[C@@H](OCCOc2cc(-c3ccccn3)nc(-c3ccccn3)c2)[C@H](OC(C)=O)[C@@H](OC(C)=O)[C@@H]1OC(C)=O. The maximum Gasteiger partial charge on any atom is 0.303 e. The molecule has 5 atom stereocenters. The monoisotopic (exact) mass is 623 g/mol. The summed E-state index contributed by atoms with van der Waals surface area (Å²) in [6.45, 7) is 4.18. The van der Waals surface area contributed by atoms with Gasteiger partial charge >= 0.3 is 23.9 Å². The van der Waals surface area contributed by atoms with Gasteiger partial charge in [0.1, 0.15) is 25.1 Å². The van der Waals surface area contributed by atoms with Gasteiger partial charge in [0.05, 0.1) is 29.4 Å². The predicted molar refractivity (Wildman–Crippen MR) is 154 cm³/mol. The van der Waals surface area contributed by atoms with Crippen molar-refractivity contribution in [1.29, 1.82) is 0 Å². The van der Waals surface area contributed by atoms with Crippen molar-refractivity contribution in [3.63, 3.8) is 0 Å². The van der Waals surface area contributed by atoms with Gasteiger partial charge in [-0.1, -0.05) is 12.1 Å². The van der Waals surface area contributed by atoms with E-state index in [-0.39, 0.29) is 19.8 Å². The van der Waals surface area contributed by atoms with Gasteiger partial charge in [0.15, 0.2) is 24.6 Å². The van der Waals surface area contributed by atoms with Gasteiger partial charge in [-0.25, -0.2) is 4.98 Å². The number of pyridine rings is 3. The molecule has 0 aromatic carbocycles. The molecule has 0 saturated carbocycles. The molecule has 0 bridgehead atoms. The molecule has 3 aromatic heterocycles. The molecule has 1 saturated heterocycles. The molecule has 0 spiro atoms. The first kappa shape index (κ1) is 33.0. The van der Waals surface area contributed by atoms with Gasteiger partial charge in [-0.15, -0.1) is 0 Å². The van der Waals surface area contributed by atoms with Gasteiger partial charge < -0.3 is 33.2 Å². The first-order chi connectivity index (χ1) is 21.6. The van der Waals surface area contributed by atoms with Crippen LogP contribution in [0.3, 0.4) is 0 Å². The van der Waals surface area contributed by atoms with E-state index in [4.69, 9.17) is 38.1 Å². The molecule has 1 aliphatic heterocycles. The molecular weight excluding hydrogens is 590 g/mol. The first-order valence-electron chi connectivity index (χ1n) is 14.0. The minimum Gasteiger partial charge on any atom is -0.491 e. The zero-order chi connectivity index (χ0) is 32.3. The van der Waals surface area contributed by atoms with Crippen molar-refractivity contribution in [3.8, 4) is 28.5 Å². The maximum atomic E-state index is 12.0. The lowest BCUT2D eigenvalue weighted by molar-refractivity contribution is -0.308. The Labute approximate surface area is 258 Å². The first-order valence-corrected chi connectivity index (χ1v) is 14.0. The molecule has 0 unspecified atom stereocenters. The normalized spacial score (nSPS) is 20.8. The summed E-state index contributed by atoms with van der Waals surface area (Å²) < 4.78 is 39.2. The van der Waals surface area contributed by atoms with Crippen molar-refractivity contribution in [2.24, 2.45) is 0 Å². The quantitative estimate of drug-likeness (QED) is 0.164. The van der Waals surface area contributed by atoms with Crippen LogP contribution in [-0.2, 0) is 47.6 Å². The molecule has 4 heterocycles. The highest BCUT2D eigenvalue weighted by molar-refractivity contribution is 5.69. The summed E-state index contributed by atoms with van der Waals surface area (Å²) in [6, 6.07) is 14.4. The number of carbonyl (C=O) groups is 4. The Bertz CT molecular complexity index is 1410. The van der Waals surface area contributed by atoms with Gasteiger partial charge in [0, 0.05) is 52.2 Å². The highest BCUT2D eigenvalue weighted by atomic mass is 16.7. The van der Waals surface area contributed by atoms with E-state index in [2.05, 4.69) is 9.97 Å². The molecule has 4 rings (SSSR count). The third-order valence-electron chi connectivity index (χ3n) is 6.24. The van der Waals surface area contributed by atoms with Crippen LogP contribution in [0.1, 0.15) is 27.7 Å². The minimum atomic E-state index is -1.34. The van der Waals surface area contributed by atoms with Gasteiger partial charge in [-0.05, 0) is 24.3 Å². The molecule has 0 N–H and O–H groups in total. The number of carbonyl (C=O) groups excluding carboxylic acids is 4. The van der Waals surface area contributed by atoms with Crippen LogP contribution in [0.2, 0.25) is 0 Å². The van der Waals surface area contributed by atoms with Crippen molar-refractivity contribution >= 4 is 23.9 Å². The van der Waals surface area contributed by atoms with Gasteiger partial charge in [-0.2, -0.15) is 0 Å². The van der Waals surface area contributed by atoms with Crippen LogP contribution >= 0.6 is 0 Å². The number of nitrogens with zero attached hydrogens (tertiary/aromatic N) is 3. The number of hydrogen-bond donors (Lipinski definition) is 0. The summed E-state index contributed by atoms with van der Waals surface area (Å²) in [5, 5.41) is 0. The van der Waals surface area contributed by atoms with Gasteiger partial charge in [0.2, 0.25) is 0 Å². The van der Waals surface area contributed by atoms with Crippen LogP contribution in [0, 0.1) is 0 Å². The fourth-order valence-corrected chi connectivity index (χ4v) is 4.53. The molecule has 14 heteroatoms. The highest BCUT2D eigenvalue weighted by Crippen LogP contribution is 2.30. The summed E-state index contributed by atoms with van der Waals surface area (Å²) in [5.41, 5.74) is 2.39. The second kappa shape index (κ2) is 15.7. The molecule has 14 nitrogen and oxygen atoms in total. The lowest BCUT2D eigenvalue weighted by Gasteiger charge is -2.44. The Balaban J connectivity index is 1.54. The Morgan fingerprint density at radius 2 is 1.24 bits per heavy atom. The smallest absolute Gasteiger partial charge is 0.303 e. The predicted octanol–water partition coefficient (Wildman–Crippen LogP) is 2.68. The summed E-state index contributed by atoms with van der Waals surface area (Å²) >= 11 is 0. The fourth-order valence-electron chi connectivity index (χ4n) is 4.53. The summed E-state index contributed by atoms with van der Waals surface area (Å²) in [6.07, 6.45) is -3.08. The zero-order valence-corrected chi connectivity index (χ0v) is 25.1. The van der Waals surface area contributed by atoms with Crippen molar-refractivity contribution in [1.82, 2.24) is 15.0 Å². The van der Waals surface area contributed by atoms with E-state index in [0.29, 0.717) is 28.5 Å². The molecule has 1 aliphatic rings. The number of aromatic nitrogens is 3. The Hall–Kier alpha value is -4.95. The Kier molecular flexibility index (Phi) is 11.5. The van der Waals surface area contributed by atoms with Crippen LogP contribution in [-0.4, -0.2) is 89.4 Å². The highest BCUT2D eigenvalue weighted by Gasteiger charge is 2.52. The zero-order valence-electron chi connectivity index (χ0n) is 25.1. The molecule has 0 amide bonds. The van der Waals surface area contributed by atoms with E-state index >= 15 is 0 Å². The van der Waals surface area contributed by atoms with E-state index in [0.717, 1.165) is 20.8 Å². The molecular formula is C31H33N3O11. The molecule has 45 heavy (non-hydrogen) atoms. The van der Waals surface area contributed by atoms with Gasteiger partial charge in [0.25, 0.3) is 0 Å². The standard InChI is InChI=1S/C31H33N3O11/c1-18(35)41-17-27-28(42-19(2)36)29(43-20(3)37)30(44-21(4)38)31(45-27)40-14-13-39-22-15-25(23-9-5-7-11-32-23)34-26(16-22)24-10-6-8-12-33-24/h5-12,15-16,27-31H,13-14,17H2,1-4H3/t27-,28-,29+,30-,31-/m1/s1. The Morgan fingerprint density at radius 1 is 0.689 bits per heavy atom. The van der Waals surface area contributed by atoms with Crippen molar-refractivity contribution in [2.45, 2.75) is 58.4 Å². The summed E-state index contributed by atoms with van der Waals surface area (Å²) in [5.74, 6) is -2.36. The van der Waals surface area contributed by atoms with Crippen LogP contribution in [0.15, 0.2) is 60.9 Å². The van der Waals surface area contributed by atoms with E-state index in [1.54, 1.807) is 36.7 Å². The lowest BCUT2D eigenvalue weighted by atomic mass is 9.98. The van der Waals surface area contributed by atoms with E-state index in [1.807, 2.05) is 24.3 Å². The number of ether oxygens (including phenoxy) is 7. The molecule has 238 valence electrons. The number of rotatable bonds is 12. The molecule has 1 fully saturated rings. The van der Waals surface area contributed by atoms with Crippen LogP contribution in [0.4, 0.5) is 0 Å². The van der Waals surface area contributed by atoms with Crippen LogP contribution < -0.4 is 4.74 Å². The average molecular weight is 624 g/mol. The second-order valence-corrected chi connectivity index (χ2v) is 9.79. The fraction of sp³-hybridized carbons (Fsp3) is 0.387. The van der Waals surface area contributed by atoms with Crippen molar-refractivity contribution in [3.05, 3.63) is 60.9 Å². The number of hydrogen-bond acceptors (Lipinski definition) is 14. The lowest BCUT2D eigenvalue weighted by Crippen LogP contribution is -2.63. The maximum absolute atomic E-state index is 12.0. The minimum absolute atomic E-state index is 0.000199. The summed E-state index contributed by atoms with van der Waals surface area (Å²) in [7, 11) is 0. The Morgan fingerprint density at radius 3 is 1.76 bits per heavy atom. The van der Waals surface area contributed by atoms with Crippen molar-refractivity contribution in [2.75, 3.05) is 19.8 Å². The van der Waals surface area contributed by atoms with Crippen LogP contribution in [0.5, 0.6) is 5.75 Å². The molecule has 0 radical (unpaired) electrons. The van der Waals surface area contributed by atoms with Gasteiger partial charge in [-0.3, -0.25) is 29.1 Å². The third kappa shape index (κ3) is 9.52. The van der Waals surface area contributed by atoms with Crippen LogP contribution in [0.25, 0.3) is 22.8 Å². The largest absolute Gasteiger partial charge is 0.491 e. The van der Waals surface area contributed by atoms with Crippen molar-refractivity contribution < 1.29 is 52.3 Å².